The Kier molecular flexibility index (Phi) is 7.32. The molecule has 3 N–H and O–H groups in total. The van der Waals surface area contributed by atoms with Crippen LogP contribution in [0.2, 0.25) is 5.02 Å². The summed E-state index contributed by atoms with van der Waals surface area (Å²) in [7, 11) is -3.59. The number of nitrogens with one attached hydrogen (secondary N) is 1. The van der Waals surface area contributed by atoms with Crippen LogP contribution in [0.5, 0.6) is 0 Å². The molecule has 0 amide bonds. The molecular formula is C12H20Cl2N2O2S. The molecule has 0 atom stereocenters. The first-order valence-corrected chi connectivity index (χ1v) is 7.75. The topological polar surface area (TPSA) is 72.2 Å². The lowest BCUT2D eigenvalue weighted by Gasteiger charge is -2.31. The maximum Gasteiger partial charge on any atom is 0.241 e. The van der Waals surface area contributed by atoms with Crippen LogP contribution in [0.1, 0.15) is 26.7 Å². The SMILES string of the molecule is CCC(CC)(CN)NS(=O)(=O)c1cccc(Cl)c1.Cl. The van der Waals surface area contributed by atoms with E-state index in [4.69, 9.17) is 17.3 Å². The summed E-state index contributed by atoms with van der Waals surface area (Å²) in [4.78, 5) is 0.162. The van der Waals surface area contributed by atoms with Crippen molar-refractivity contribution in [1.29, 1.82) is 0 Å². The average molecular weight is 327 g/mol. The Morgan fingerprint density at radius 3 is 2.32 bits per heavy atom. The van der Waals surface area contributed by atoms with Gasteiger partial charge in [-0.3, -0.25) is 0 Å². The second-order valence-electron chi connectivity index (χ2n) is 4.25. The molecule has 0 aliphatic carbocycles. The highest BCUT2D eigenvalue weighted by molar-refractivity contribution is 7.89. The lowest BCUT2D eigenvalue weighted by molar-refractivity contribution is 0.363. The third kappa shape index (κ3) is 4.61. The number of hydrogen-bond acceptors (Lipinski definition) is 3. The van der Waals surface area contributed by atoms with Gasteiger partial charge in [0, 0.05) is 17.1 Å². The van der Waals surface area contributed by atoms with E-state index in [1.54, 1.807) is 12.1 Å². The van der Waals surface area contributed by atoms with Gasteiger partial charge >= 0.3 is 0 Å². The highest BCUT2D eigenvalue weighted by Gasteiger charge is 2.30. The van der Waals surface area contributed by atoms with Crippen LogP contribution in [-0.4, -0.2) is 20.5 Å². The molecule has 0 saturated heterocycles. The molecule has 0 saturated carbocycles. The van der Waals surface area contributed by atoms with Crippen LogP contribution in [0.3, 0.4) is 0 Å². The fourth-order valence-corrected chi connectivity index (χ4v) is 3.56. The van der Waals surface area contributed by atoms with Gasteiger partial charge in [-0.2, -0.15) is 0 Å². The van der Waals surface area contributed by atoms with Gasteiger partial charge in [0.25, 0.3) is 0 Å². The molecule has 1 rings (SSSR count). The normalized spacial score (nSPS) is 12.0. The van der Waals surface area contributed by atoms with E-state index in [9.17, 15) is 8.42 Å². The third-order valence-corrected chi connectivity index (χ3v) is 5.01. The van der Waals surface area contributed by atoms with Gasteiger partial charge in [-0.05, 0) is 31.0 Å². The van der Waals surface area contributed by atoms with Crippen LogP contribution in [0, 0.1) is 0 Å². The van der Waals surface area contributed by atoms with Crippen molar-refractivity contribution in [2.45, 2.75) is 37.1 Å². The molecule has 0 unspecified atom stereocenters. The van der Waals surface area contributed by atoms with E-state index in [1.165, 1.54) is 12.1 Å². The monoisotopic (exact) mass is 326 g/mol. The Morgan fingerprint density at radius 2 is 1.89 bits per heavy atom. The van der Waals surface area contributed by atoms with Crippen LogP contribution >= 0.6 is 24.0 Å². The number of rotatable bonds is 6. The summed E-state index contributed by atoms with van der Waals surface area (Å²) in [5, 5.41) is 0.393. The van der Waals surface area contributed by atoms with Crippen molar-refractivity contribution in [2.24, 2.45) is 5.73 Å². The van der Waals surface area contributed by atoms with Gasteiger partial charge in [0.15, 0.2) is 0 Å². The summed E-state index contributed by atoms with van der Waals surface area (Å²) in [5.74, 6) is 0. The van der Waals surface area contributed by atoms with E-state index < -0.39 is 15.6 Å². The molecule has 0 fully saturated rings. The molecule has 0 spiro atoms. The number of halogens is 2. The number of nitrogens with two attached hydrogens (primary N) is 1. The first-order valence-electron chi connectivity index (χ1n) is 5.89. The van der Waals surface area contributed by atoms with E-state index in [-0.39, 0.29) is 23.8 Å². The summed E-state index contributed by atoms with van der Waals surface area (Å²) in [6.45, 7) is 4.09. The first kappa shape index (κ1) is 18.7. The maximum atomic E-state index is 12.3. The summed E-state index contributed by atoms with van der Waals surface area (Å²) in [6.07, 6.45) is 1.28. The van der Waals surface area contributed by atoms with Gasteiger partial charge in [-0.15, -0.1) is 12.4 Å². The molecule has 0 aliphatic heterocycles. The second kappa shape index (κ2) is 7.45. The summed E-state index contributed by atoms with van der Waals surface area (Å²) in [6, 6.07) is 6.19. The Hall–Kier alpha value is -0.330. The van der Waals surface area contributed by atoms with E-state index in [0.29, 0.717) is 17.9 Å². The number of hydrogen-bond donors (Lipinski definition) is 2. The predicted molar refractivity (Wildman–Crippen MR) is 81.4 cm³/mol. The van der Waals surface area contributed by atoms with Crippen LogP contribution in [0.25, 0.3) is 0 Å². The minimum atomic E-state index is -3.59. The molecule has 7 heteroatoms. The Labute approximate surface area is 126 Å². The van der Waals surface area contributed by atoms with E-state index in [1.807, 2.05) is 13.8 Å². The molecule has 4 nitrogen and oxygen atoms in total. The van der Waals surface area contributed by atoms with Crippen LogP contribution in [-0.2, 0) is 10.0 Å². The molecular weight excluding hydrogens is 307 g/mol. The van der Waals surface area contributed by atoms with Crippen molar-refractivity contribution in [3.8, 4) is 0 Å². The predicted octanol–water partition coefficient (Wildman–Crippen LogP) is 2.56. The first-order chi connectivity index (χ1) is 8.39. The van der Waals surface area contributed by atoms with Crippen molar-refractivity contribution in [1.82, 2.24) is 4.72 Å². The van der Waals surface area contributed by atoms with Crippen molar-refractivity contribution in [3.63, 3.8) is 0 Å². The fourth-order valence-electron chi connectivity index (χ4n) is 1.70. The van der Waals surface area contributed by atoms with E-state index in [0.717, 1.165) is 0 Å². The quantitative estimate of drug-likeness (QED) is 0.843. The molecule has 0 aliphatic rings. The molecule has 0 aromatic heterocycles. The summed E-state index contributed by atoms with van der Waals surface area (Å²) >= 11 is 5.81. The summed E-state index contributed by atoms with van der Waals surface area (Å²) < 4.78 is 27.2. The minimum absolute atomic E-state index is 0. The zero-order valence-electron chi connectivity index (χ0n) is 11.0. The molecule has 0 bridgehead atoms. The Morgan fingerprint density at radius 1 is 1.32 bits per heavy atom. The Bertz CT molecular complexity index is 494. The van der Waals surface area contributed by atoms with E-state index >= 15 is 0 Å². The van der Waals surface area contributed by atoms with E-state index in [2.05, 4.69) is 4.72 Å². The minimum Gasteiger partial charge on any atom is -0.329 e. The largest absolute Gasteiger partial charge is 0.329 e. The van der Waals surface area contributed by atoms with Gasteiger partial charge in [-0.1, -0.05) is 31.5 Å². The number of sulfonamides is 1. The molecule has 1 aromatic carbocycles. The lowest BCUT2D eigenvalue weighted by Crippen LogP contribution is -2.52. The van der Waals surface area contributed by atoms with Gasteiger partial charge in [0.05, 0.1) is 4.90 Å². The van der Waals surface area contributed by atoms with Gasteiger partial charge in [0.2, 0.25) is 10.0 Å². The zero-order chi connectivity index (χ0) is 13.8. The number of benzene rings is 1. The second-order valence-corrected chi connectivity index (χ2v) is 6.37. The van der Waals surface area contributed by atoms with Gasteiger partial charge < -0.3 is 5.73 Å². The van der Waals surface area contributed by atoms with Crippen molar-refractivity contribution in [2.75, 3.05) is 6.54 Å². The average Bonchev–Trinajstić information content (AvgIpc) is 2.36. The smallest absolute Gasteiger partial charge is 0.241 e. The standard InChI is InChI=1S/C12H19ClN2O2S.ClH/c1-3-12(4-2,9-14)15-18(16,17)11-7-5-6-10(13)8-11;/h5-8,15H,3-4,9,14H2,1-2H3;1H. The van der Waals surface area contributed by atoms with Crippen molar-refractivity contribution in [3.05, 3.63) is 29.3 Å². The van der Waals surface area contributed by atoms with Crippen LogP contribution < -0.4 is 10.5 Å². The van der Waals surface area contributed by atoms with Crippen LogP contribution in [0.4, 0.5) is 0 Å². The Balaban J connectivity index is 0.00000324. The third-order valence-electron chi connectivity index (χ3n) is 3.20. The zero-order valence-corrected chi connectivity index (χ0v) is 13.4. The van der Waals surface area contributed by atoms with Crippen molar-refractivity contribution < 1.29 is 8.42 Å². The molecule has 19 heavy (non-hydrogen) atoms. The molecule has 110 valence electrons. The molecule has 0 radical (unpaired) electrons. The molecule has 0 heterocycles. The lowest BCUT2D eigenvalue weighted by atomic mass is 9.95. The summed E-state index contributed by atoms with van der Waals surface area (Å²) in [5.41, 5.74) is 5.09. The highest BCUT2D eigenvalue weighted by atomic mass is 35.5. The molecule has 1 aromatic rings. The van der Waals surface area contributed by atoms with Gasteiger partial charge in [-0.25, -0.2) is 13.1 Å². The van der Waals surface area contributed by atoms with Gasteiger partial charge in [0.1, 0.15) is 0 Å². The maximum absolute atomic E-state index is 12.3. The highest BCUT2D eigenvalue weighted by Crippen LogP contribution is 2.20. The van der Waals surface area contributed by atoms with Crippen LogP contribution in [0.15, 0.2) is 29.2 Å². The fraction of sp³-hybridized carbons (Fsp3) is 0.500. The van der Waals surface area contributed by atoms with Crippen molar-refractivity contribution >= 4 is 34.0 Å².